The Bertz CT molecular complexity index is 1820. The van der Waals surface area contributed by atoms with Gasteiger partial charge in [0, 0.05) is 31.5 Å². The predicted octanol–water partition coefficient (Wildman–Crippen LogP) is 11.0. The molecule has 0 aliphatic carbocycles. The first-order valence-electron chi connectivity index (χ1n) is 23.0. The second-order valence-corrected chi connectivity index (χ2v) is 16.6. The molecule has 1 saturated heterocycles. The van der Waals surface area contributed by atoms with Gasteiger partial charge in [-0.05, 0) is 65.4 Å². The lowest BCUT2D eigenvalue weighted by Crippen LogP contribution is -2.47. The van der Waals surface area contributed by atoms with E-state index in [-0.39, 0.29) is 25.4 Å². The number of nitrogens with one attached hydrogen (secondary N) is 2. The van der Waals surface area contributed by atoms with Crippen molar-refractivity contribution in [1.82, 2.24) is 15.5 Å². The summed E-state index contributed by atoms with van der Waals surface area (Å²) >= 11 is 0. The maximum absolute atomic E-state index is 12.9. The van der Waals surface area contributed by atoms with Crippen LogP contribution < -0.4 is 10.6 Å². The van der Waals surface area contributed by atoms with Crippen LogP contribution in [0.3, 0.4) is 0 Å². The fourth-order valence-corrected chi connectivity index (χ4v) is 8.12. The van der Waals surface area contributed by atoms with Crippen molar-refractivity contribution < 1.29 is 28.9 Å². The van der Waals surface area contributed by atoms with Crippen molar-refractivity contribution in [3.8, 4) is 11.1 Å². The number of hydrogen-bond donors (Lipinski definition) is 3. The Morgan fingerprint density at radius 2 is 1.33 bits per heavy atom. The molecular weight excluding hydrogens is 763 g/mol. The van der Waals surface area contributed by atoms with Crippen molar-refractivity contribution in [2.24, 2.45) is 0 Å². The van der Waals surface area contributed by atoms with Crippen LogP contribution in [0.1, 0.15) is 138 Å². The Hall–Kier alpha value is -4.54. The molecule has 0 spiro atoms. The van der Waals surface area contributed by atoms with E-state index in [2.05, 4.69) is 77.9 Å². The Labute approximate surface area is 365 Å². The summed E-state index contributed by atoms with van der Waals surface area (Å²) in [4.78, 5) is 28.0. The van der Waals surface area contributed by atoms with E-state index in [0.29, 0.717) is 6.42 Å². The van der Waals surface area contributed by atoms with Crippen LogP contribution in [0.15, 0.2) is 103 Å². The number of aliphatic hydroxyl groups excluding tert-OH is 1. The first-order chi connectivity index (χ1) is 29.9. The van der Waals surface area contributed by atoms with Crippen LogP contribution in [0.25, 0.3) is 11.1 Å². The lowest BCUT2D eigenvalue weighted by molar-refractivity contribution is -0.253. The standard InChI is InChI=1S/C52H71N3O6/c1-4-6-8-10-12-17-32-55(33-18-13-11-9-7-5-2)38-47-36-49(44-26-24-41(39-56)25-27-44)61-51(60-47)45-30-28-43(29-31-45)46-23-19-22-42(34-46)37-53-52(58)54-48(50(57)59-3)35-40-20-15-14-16-21-40/h14-16,19-31,34,47-49,51,56H,4-13,17-18,32-33,35-39H2,1-3H3,(H2,53,54,58)/t47-,48+,49+,51+/m1/s1. The summed E-state index contributed by atoms with van der Waals surface area (Å²) in [5.41, 5.74) is 6.87. The molecule has 9 heteroatoms. The van der Waals surface area contributed by atoms with Gasteiger partial charge >= 0.3 is 12.0 Å². The van der Waals surface area contributed by atoms with Crippen molar-refractivity contribution >= 4 is 12.0 Å². The molecule has 4 aromatic carbocycles. The minimum Gasteiger partial charge on any atom is -0.467 e. The fraction of sp³-hybridized carbons (Fsp3) is 0.500. The number of hydrogen-bond acceptors (Lipinski definition) is 7. The minimum atomic E-state index is -0.805. The molecule has 0 unspecified atom stereocenters. The van der Waals surface area contributed by atoms with E-state index in [1.165, 1.54) is 84.2 Å². The lowest BCUT2D eigenvalue weighted by atomic mass is 9.98. The molecule has 1 aliphatic heterocycles. The zero-order valence-electron chi connectivity index (χ0n) is 37.0. The van der Waals surface area contributed by atoms with Gasteiger partial charge in [0.25, 0.3) is 0 Å². The molecule has 1 fully saturated rings. The van der Waals surface area contributed by atoms with Gasteiger partial charge in [0.1, 0.15) is 6.04 Å². The monoisotopic (exact) mass is 834 g/mol. The van der Waals surface area contributed by atoms with Gasteiger partial charge in [-0.1, -0.05) is 175 Å². The van der Waals surface area contributed by atoms with Gasteiger partial charge < -0.3 is 34.9 Å². The first kappa shape index (κ1) is 47.5. The van der Waals surface area contributed by atoms with Crippen LogP contribution in [-0.2, 0) is 38.6 Å². The van der Waals surface area contributed by atoms with E-state index in [9.17, 15) is 14.7 Å². The largest absolute Gasteiger partial charge is 0.467 e. The van der Waals surface area contributed by atoms with Crippen molar-refractivity contribution in [2.75, 3.05) is 26.7 Å². The zero-order valence-corrected chi connectivity index (χ0v) is 37.0. The van der Waals surface area contributed by atoms with Gasteiger partial charge in [-0.25, -0.2) is 9.59 Å². The molecule has 330 valence electrons. The molecule has 61 heavy (non-hydrogen) atoms. The molecule has 5 rings (SSSR count). The summed E-state index contributed by atoms with van der Waals surface area (Å²) in [6, 6.07) is 32.9. The normalized spacial score (nSPS) is 16.9. The molecule has 2 amide bonds. The van der Waals surface area contributed by atoms with E-state index in [0.717, 1.165) is 65.0 Å². The maximum atomic E-state index is 12.9. The molecule has 1 heterocycles. The van der Waals surface area contributed by atoms with Gasteiger partial charge in [0.2, 0.25) is 0 Å². The Balaban J connectivity index is 1.24. The Morgan fingerprint density at radius 3 is 1.97 bits per heavy atom. The van der Waals surface area contributed by atoms with Crippen LogP contribution >= 0.6 is 0 Å². The number of unbranched alkanes of at least 4 members (excludes halogenated alkanes) is 10. The van der Waals surface area contributed by atoms with Gasteiger partial charge in [-0.2, -0.15) is 0 Å². The van der Waals surface area contributed by atoms with Crippen LogP contribution in [0.2, 0.25) is 0 Å². The number of esters is 1. The molecule has 4 aromatic rings. The predicted molar refractivity (Wildman–Crippen MR) is 245 cm³/mol. The first-order valence-corrected chi connectivity index (χ1v) is 23.0. The van der Waals surface area contributed by atoms with Gasteiger partial charge in [-0.15, -0.1) is 0 Å². The molecule has 1 aliphatic rings. The number of amides is 2. The second-order valence-electron chi connectivity index (χ2n) is 16.6. The summed E-state index contributed by atoms with van der Waals surface area (Å²) in [5.74, 6) is -0.495. The van der Waals surface area contributed by atoms with E-state index in [1.807, 2.05) is 54.6 Å². The third-order valence-corrected chi connectivity index (χ3v) is 11.7. The summed E-state index contributed by atoms with van der Waals surface area (Å²) < 4.78 is 18.5. The third-order valence-electron chi connectivity index (χ3n) is 11.7. The summed E-state index contributed by atoms with van der Waals surface area (Å²) in [6.45, 7) is 7.92. The van der Waals surface area contributed by atoms with Crippen molar-refractivity contribution in [2.45, 2.75) is 141 Å². The van der Waals surface area contributed by atoms with Crippen LogP contribution in [0.5, 0.6) is 0 Å². The number of nitrogens with zero attached hydrogens (tertiary/aromatic N) is 1. The molecule has 0 radical (unpaired) electrons. The molecular formula is C52H71N3O6. The van der Waals surface area contributed by atoms with Crippen LogP contribution in [-0.4, -0.2) is 60.9 Å². The molecule has 4 atom stereocenters. The number of benzene rings is 4. The highest BCUT2D eigenvalue weighted by molar-refractivity contribution is 5.83. The topological polar surface area (TPSA) is 109 Å². The lowest BCUT2D eigenvalue weighted by Gasteiger charge is -2.38. The highest BCUT2D eigenvalue weighted by Crippen LogP contribution is 2.39. The minimum absolute atomic E-state index is 0.00347. The van der Waals surface area contributed by atoms with E-state index < -0.39 is 24.3 Å². The van der Waals surface area contributed by atoms with E-state index in [1.54, 1.807) is 0 Å². The highest BCUT2D eigenvalue weighted by Gasteiger charge is 2.33. The molecule has 0 bridgehead atoms. The van der Waals surface area contributed by atoms with Crippen molar-refractivity contribution in [3.05, 3.63) is 131 Å². The van der Waals surface area contributed by atoms with Crippen molar-refractivity contribution in [3.63, 3.8) is 0 Å². The zero-order chi connectivity index (χ0) is 43.1. The number of urea groups is 1. The number of methoxy groups -OCH3 is 1. The van der Waals surface area contributed by atoms with Gasteiger partial charge in [0.15, 0.2) is 6.29 Å². The van der Waals surface area contributed by atoms with Crippen LogP contribution in [0, 0.1) is 0 Å². The number of ether oxygens (including phenoxy) is 3. The molecule has 0 saturated carbocycles. The van der Waals surface area contributed by atoms with E-state index >= 15 is 0 Å². The quantitative estimate of drug-likeness (QED) is 0.0427. The summed E-state index contributed by atoms with van der Waals surface area (Å²) in [7, 11) is 1.32. The Morgan fingerprint density at radius 1 is 0.705 bits per heavy atom. The summed E-state index contributed by atoms with van der Waals surface area (Å²) in [5, 5.41) is 15.4. The number of aliphatic hydroxyl groups is 1. The average Bonchev–Trinajstić information content (AvgIpc) is 3.30. The Kier molecular flexibility index (Phi) is 20.8. The third kappa shape index (κ3) is 16.4. The van der Waals surface area contributed by atoms with Gasteiger partial charge in [-0.3, -0.25) is 0 Å². The van der Waals surface area contributed by atoms with Crippen LogP contribution in [0.4, 0.5) is 4.79 Å². The highest BCUT2D eigenvalue weighted by atomic mass is 16.7. The van der Waals surface area contributed by atoms with E-state index in [4.69, 9.17) is 14.2 Å². The molecule has 3 N–H and O–H groups in total. The number of rotatable bonds is 26. The number of carbonyl (C=O) groups is 2. The fourth-order valence-electron chi connectivity index (χ4n) is 8.12. The molecule has 9 nitrogen and oxygen atoms in total. The second kappa shape index (κ2) is 26.7. The van der Waals surface area contributed by atoms with Gasteiger partial charge in [0.05, 0.1) is 25.9 Å². The smallest absolute Gasteiger partial charge is 0.328 e. The van der Waals surface area contributed by atoms with Crippen molar-refractivity contribution in [1.29, 1.82) is 0 Å². The maximum Gasteiger partial charge on any atom is 0.328 e. The summed E-state index contributed by atoms with van der Waals surface area (Å²) in [6.07, 6.45) is 15.9. The molecule has 0 aromatic heterocycles. The number of carbonyl (C=O) groups excluding carboxylic acids is 2. The average molecular weight is 834 g/mol. The SMILES string of the molecule is CCCCCCCCN(CCCCCCCC)C[C@H]1C[C@@H](c2ccc(CO)cc2)O[C@@H](c2ccc(-c3cccc(CNC(=O)N[C@@H](Cc4ccccc4)C(=O)OC)c3)cc2)O1.